The predicted octanol–water partition coefficient (Wildman–Crippen LogP) is 3.96. The molecule has 1 saturated heterocycles. The summed E-state index contributed by atoms with van der Waals surface area (Å²) in [6, 6.07) is 24.7. The van der Waals surface area contributed by atoms with Crippen molar-refractivity contribution in [3.63, 3.8) is 0 Å². The van der Waals surface area contributed by atoms with Crippen LogP contribution >= 0.6 is 0 Å². The molecule has 1 aliphatic rings. The third-order valence-electron chi connectivity index (χ3n) is 5.73. The van der Waals surface area contributed by atoms with Crippen LogP contribution in [0.2, 0.25) is 0 Å². The topological polar surface area (TPSA) is 67.9 Å². The summed E-state index contributed by atoms with van der Waals surface area (Å²) in [7, 11) is 3.13. The van der Waals surface area contributed by atoms with Gasteiger partial charge >= 0.3 is 0 Å². The fourth-order valence-electron chi connectivity index (χ4n) is 4.03. The lowest BCUT2D eigenvalue weighted by Crippen LogP contribution is -2.36. The summed E-state index contributed by atoms with van der Waals surface area (Å²) >= 11 is 0. The van der Waals surface area contributed by atoms with Crippen molar-refractivity contribution < 1.29 is 19.1 Å². The van der Waals surface area contributed by atoms with E-state index in [9.17, 15) is 9.59 Å². The Morgan fingerprint density at radius 1 is 0.938 bits per heavy atom. The van der Waals surface area contributed by atoms with Gasteiger partial charge in [-0.15, -0.1) is 0 Å². The fourth-order valence-corrected chi connectivity index (χ4v) is 4.03. The SMILES string of the molecule is COc1ccc(OC)c(N2CC(C(=O)NC(c3ccccc3)c3ccccc3)CC2=O)c1. The van der Waals surface area contributed by atoms with Crippen molar-refractivity contribution in [3.8, 4) is 11.5 Å². The molecule has 1 atom stereocenters. The van der Waals surface area contributed by atoms with Crippen LogP contribution in [-0.4, -0.2) is 32.6 Å². The predicted molar refractivity (Wildman–Crippen MR) is 123 cm³/mol. The second kappa shape index (κ2) is 9.56. The van der Waals surface area contributed by atoms with Crippen LogP contribution in [0.3, 0.4) is 0 Å². The number of nitrogens with zero attached hydrogens (tertiary/aromatic N) is 1. The zero-order chi connectivity index (χ0) is 22.5. The molecular formula is C26H26N2O4. The molecule has 1 unspecified atom stereocenters. The molecule has 0 spiro atoms. The van der Waals surface area contributed by atoms with Crippen LogP contribution in [0.15, 0.2) is 78.9 Å². The summed E-state index contributed by atoms with van der Waals surface area (Å²) in [4.78, 5) is 27.7. The van der Waals surface area contributed by atoms with E-state index in [4.69, 9.17) is 9.47 Å². The van der Waals surface area contributed by atoms with E-state index in [0.717, 1.165) is 11.1 Å². The Labute approximate surface area is 187 Å². The van der Waals surface area contributed by atoms with Crippen LogP contribution in [0.25, 0.3) is 0 Å². The number of hydrogen-bond donors (Lipinski definition) is 1. The molecule has 0 aromatic heterocycles. The minimum atomic E-state index is -0.465. The van der Waals surface area contributed by atoms with Crippen LogP contribution < -0.4 is 19.7 Å². The summed E-state index contributed by atoms with van der Waals surface area (Å²) in [6.07, 6.45) is 0.141. The largest absolute Gasteiger partial charge is 0.497 e. The molecule has 3 aromatic carbocycles. The third-order valence-corrected chi connectivity index (χ3v) is 5.73. The van der Waals surface area contributed by atoms with Gasteiger partial charge in [0, 0.05) is 19.0 Å². The number of ether oxygens (including phenoxy) is 2. The van der Waals surface area contributed by atoms with Gasteiger partial charge in [0.1, 0.15) is 11.5 Å². The maximum Gasteiger partial charge on any atom is 0.227 e. The van der Waals surface area contributed by atoms with Gasteiger partial charge in [-0.05, 0) is 23.3 Å². The van der Waals surface area contributed by atoms with Crippen molar-refractivity contribution in [2.45, 2.75) is 12.5 Å². The molecule has 1 fully saturated rings. The number of benzene rings is 3. The van der Waals surface area contributed by atoms with E-state index < -0.39 is 5.92 Å². The molecule has 0 bridgehead atoms. The molecule has 1 N–H and O–H groups in total. The second-order valence-electron chi connectivity index (χ2n) is 7.71. The van der Waals surface area contributed by atoms with Crippen LogP contribution in [0.4, 0.5) is 5.69 Å². The summed E-state index contributed by atoms with van der Waals surface area (Å²) in [5.41, 5.74) is 2.58. The fraction of sp³-hybridized carbons (Fsp3) is 0.231. The Bertz CT molecular complexity index is 1050. The number of hydrogen-bond acceptors (Lipinski definition) is 4. The summed E-state index contributed by atoms with van der Waals surface area (Å²) < 4.78 is 10.7. The molecular weight excluding hydrogens is 404 g/mol. The van der Waals surface area contributed by atoms with Gasteiger partial charge in [-0.3, -0.25) is 9.59 Å². The molecule has 2 amide bonds. The van der Waals surface area contributed by atoms with Gasteiger partial charge in [0.2, 0.25) is 11.8 Å². The first-order chi connectivity index (χ1) is 15.6. The van der Waals surface area contributed by atoms with E-state index in [2.05, 4.69) is 5.32 Å². The second-order valence-corrected chi connectivity index (χ2v) is 7.71. The number of amides is 2. The van der Waals surface area contributed by atoms with Gasteiger partial charge in [-0.1, -0.05) is 60.7 Å². The lowest BCUT2D eigenvalue weighted by molar-refractivity contribution is -0.126. The number of carbonyl (C=O) groups is 2. The van der Waals surface area contributed by atoms with Gasteiger partial charge in [0.15, 0.2) is 0 Å². The van der Waals surface area contributed by atoms with Crippen molar-refractivity contribution in [2.24, 2.45) is 5.92 Å². The third kappa shape index (κ3) is 4.44. The zero-order valence-electron chi connectivity index (χ0n) is 18.2. The lowest BCUT2D eigenvalue weighted by atomic mass is 9.97. The summed E-state index contributed by atoms with van der Waals surface area (Å²) in [6.45, 7) is 0.282. The first kappa shape index (κ1) is 21.4. The van der Waals surface area contributed by atoms with Crippen molar-refractivity contribution in [3.05, 3.63) is 90.0 Å². The van der Waals surface area contributed by atoms with Crippen molar-refractivity contribution in [1.29, 1.82) is 0 Å². The molecule has 164 valence electrons. The molecule has 4 rings (SSSR count). The van der Waals surface area contributed by atoms with Crippen LogP contribution in [0, 0.1) is 5.92 Å². The lowest BCUT2D eigenvalue weighted by Gasteiger charge is -2.23. The monoisotopic (exact) mass is 430 g/mol. The van der Waals surface area contributed by atoms with Gasteiger partial charge in [-0.25, -0.2) is 0 Å². The molecule has 32 heavy (non-hydrogen) atoms. The number of carbonyl (C=O) groups excluding carboxylic acids is 2. The highest BCUT2D eigenvalue weighted by Crippen LogP contribution is 2.36. The van der Waals surface area contributed by atoms with Crippen LogP contribution in [0.1, 0.15) is 23.6 Å². The Balaban J connectivity index is 1.56. The molecule has 6 nitrogen and oxygen atoms in total. The summed E-state index contributed by atoms with van der Waals surface area (Å²) in [5, 5.41) is 3.16. The number of rotatable bonds is 7. The summed E-state index contributed by atoms with van der Waals surface area (Å²) in [5.74, 6) is 0.447. The van der Waals surface area contributed by atoms with Gasteiger partial charge < -0.3 is 19.7 Å². The minimum absolute atomic E-state index is 0.118. The maximum absolute atomic E-state index is 13.3. The van der Waals surface area contributed by atoms with Crippen LogP contribution in [0.5, 0.6) is 11.5 Å². The van der Waals surface area contributed by atoms with Gasteiger partial charge in [0.05, 0.1) is 31.9 Å². The minimum Gasteiger partial charge on any atom is -0.497 e. The van der Waals surface area contributed by atoms with E-state index >= 15 is 0 Å². The Hall–Kier alpha value is -3.80. The van der Waals surface area contributed by atoms with E-state index in [1.165, 1.54) is 0 Å². The molecule has 3 aromatic rings. The average Bonchev–Trinajstić information content (AvgIpc) is 3.24. The number of nitrogens with one attached hydrogen (secondary N) is 1. The van der Waals surface area contributed by atoms with Crippen molar-refractivity contribution >= 4 is 17.5 Å². The smallest absolute Gasteiger partial charge is 0.227 e. The Morgan fingerprint density at radius 3 is 2.12 bits per heavy atom. The molecule has 1 heterocycles. The quantitative estimate of drug-likeness (QED) is 0.616. The molecule has 0 saturated carbocycles. The first-order valence-corrected chi connectivity index (χ1v) is 10.5. The van der Waals surface area contributed by atoms with Crippen LogP contribution in [-0.2, 0) is 9.59 Å². The molecule has 6 heteroatoms. The molecule has 0 aliphatic carbocycles. The number of methoxy groups -OCH3 is 2. The molecule has 1 aliphatic heterocycles. The highest BCUT2D eigenvalue weighted by atomic mass is 16.5. The zero-order valence-corrected chi connectivity index (χ0v) is 18.2. The maximum atomic E-state index is 13.3. The van der Waals surface area contributed by atoms with Crippen molar-refractivity contribution in [2.75, 3.05) is 25.7 Å². The highest BCUT2D eigenvalue weighted by molar-refractivity contribution is 6.01. The first-order valence-electron chi connectivity index (χ1n) is 10.5. The van der Waals surface area contributed by atoms with E-state index in [1.54, 1.807) is 37.3 Å². The number of anilines is 1. The van der Waals surface area contributed by atoms with E-state index in [-0.39, 0.29) is 30.8 Å². The normalized spacial score (nSPS) is 15.7. The Kier molecular flexibility index (Phi) is 6.40. The average molecular weight is 431 g/mol. The highest BCUT2D eigenvalue weighted by Gasteiger charge is 2.37. The van der Waals surface area contributed by atoms with E-state index in [1.807, 2.05) is 60.7 Å². The standard InChI is InChI=1S/C26H26N2O4/c1-31-21-13-14-23(32-2)22(16-21)28-17-20(15-24(28)29)26(30)27-25(18-9-5-3-6-10-18)19-11-7-4-8-12-19/h3-14,16,20,25H,15,17H2,1-2H3,(H,27,30). The van der Waals surface area contributed by atoms with E-state index in [0.29, 0.717) is 17.2 Å². The van der Waals surface area contributed by atoms with Gasteiger partial charge in [-0.2, -0.15) is 0 Å². The molecule has 0 radical (unpaired) electrons. The Morgan fingerprint density at radius 2 is 1.56 bits per heavy atom. The van der Waals surface area contributed by atoms with Crippen molar-refractivity contribution in [1.82, 2.24) is 5.32 Å². The van der Waals surface area contributed by atoms with Gasteiger partial charge in [0.25, 0.3) is 0 Å².